The second-order valence-electron chi connectivity index (χ2n) is 8.89. The van der Waals surface area contributed by atoms with Crippen molar-refractivity contribution in [3.63, 3.8) is 0 Å². The van der Waals surface area contributed by atoms with Crippen LogP contribution in [0.25, 0.3) is 11.3 Å². The minimum atomic E-state index is -0.0657. The molecule has 4 N–H and O–H groups in total. The van der Waals surface area contributed by atoms with E-state index in [9.17, 15) is 4.79 Å². The molecule has 0 saturated carbocycles. The van der Waals surface area contributed by atoms with Crippen LogP contribution in [0.3, 0.4) is 0 Å². The molecular formula is C28H31ClN6O2. The van der Waals surface area contributed by atoms with Gasteiger partial charge in [0.05, 0.1) is 46.8 Å². The topological polar surface area (TPSA) is 111 Å². The lowest BCUT2D eigenvalue weighted by Crippen LogP contribution is -2.57. The number of allylic oxidation sites excluding steroid dienone is 3. The number of carbonyl (C=O) groups excluding carboxylic acids is 1. The van der Waals surface area contributed by atoms with E-state index < -0.39 is 0 Å². The number of amides is 1. The summed E-state index contributed by atoms with van der Waals surface area (Å²) in [5.74, 6) is 6.14. The summed E-state index contributed by atoms with van der Waals surface area (Å²) in [6.07, 6.45) is 6.91. The summed E-state index contributed by atoms with van der Waals surface area (Å²) in [6.45, 7) is 10.2. The number of nitrogens with zero attached hydrogens (tertiary/aromatic N) is 4. The number of ether oxygens (including phenoxy) is 1. The van der Waals surface area contributed by atoms with Gasteiger partial charge in [0.2, 0.25) is 0 Å². The summed E-state index contributed by atoms with van der Waals surface area (Å²) in [5.41, 5.74) is 15.6. The zero-order valence-electron chi connectivity index (χ0n) is 20.9. The van der Waals surface area contributed by atoms with E-state index in [0.717, 1.165) is 37.6 Å². The lowest BCUT2D eigenvalue weighted by molar-refractivity contribution is -0.0746. The molecule has 2 aliphatic rings. The first-order valence-electron chi connectivity index (χ1n) is 12.2. The van der Waals surface area contributed by atoms with Crippen LogP contribution in [0.5, 0.6) is 0 Å². The van der Waals surface area contributed by atoms with Crippen LogP contribution in [0.1, 0.15) is 28.5 Å². The van der Waals surface area contributed by atoms with Gasteiger partial charge in [0.25, 0.3) is 5.91 Å². The SMILES string of the molecule is C=C(N)/C=C\C(C#Cc1c(CC)ncnc1-c1ccc(C(=O)N2CCN(C3COC3)CC2)c(Cl)c1)=C/N. The molecule has 0 aliphatic carbocycles. The minimum absolute atomic E-state index is 0.0657. The van der Waals surface area contributed by atoms with Crippen molar-refractivity contribution in [1.82, 2.24) is 19.8 Å². The summed E-state index contributed by atoms with van der Waals surface area (Å²) in [4.78, 5) is 26.4. The first-order valence-corrected chi connectivity index (χ1v) is 12.6. The molecule has 9 heteroatoms. The van der Waals surface area contributed by atoms with Crippen LogP contribution in [-0.2, 0) is 11.2 Å². The first kappa shape index (κ1) is 26.4. The van der Waals surface area contributed by atoms with Crippen molar-refractivity contribution in [3.05, 3.63) is 82.6 Å². The van der Waals surface area contributed by atoms with Crippen LogP contribution < -0.4 is 11.5 Å². The zero-order chi connectivity index (χ0) is 26.4. The Hall–Kier alpha value is -3.64. The summed E-state index contributed by atoms with van der Waals surface area (Å²) in [7, 11) is 0. The van der Waals surface area contributed by atoms with Crippen molar-refractivity contribution in [2.45, 2.75) is 19.4 Å². The first-order chi connectivity index (χ1) is 17.9. The third kappa shape index (κ3) is 6.20. The fraction of sp³-hybridized carbons (Fsp3) is 0.321. The molecule has 0 unspecified atom stereocenters. The van der Waals surface area contributed by atoms with Gasteiger partial charge in [-0.3, -0.25) is 9.69 Å². The highest BCUT2D eigenvalue weighted by molar-refractivity contribution is 6.34. The molecule has 1 aromatic heterocycles. The summed E-state index contributed by atoms with van der Waals surface area (Å²) in [5, 5.41) is 0.375. The molecule has 192 valence electrons. The highest BCUT2D eigenvalue weighted by atomic mass is 35.5. The molecule has 2 aromatic rings. The molecule has 0 radical (unpaired) electrons. The van der Waals surface area contributed by atoms with Gasteiger partial charge in [-0.15, -0.1) is 0 Å². The third-order valence-electron chi connectivity index (χ3n) is 6.46. The quantitative estimate of drug-likeness (QED) is 0.447. The Bertz CT molecular complexity index is 1300. The second-order valence-corrected chi connectivity index (χ2v) is 9.30. The molecule has 2 saturated heterocycles. The van der Waals surface area contributed by atoms with Crippen molar-refractivity contribution < 1.29 is 9.53 Å². The normalized spacial score (nSPS) is 16.8. The number of halogens is 1. The Balaban J connectivity index is 1.57. The van der Waals surface area contributed by atoms with Gasteiger partial charge in [-0.05, 0) is 30.7 Å². The molecule has 3 heterocycles. The standard InChI is InChI=1S/C28H31ClN6O2/c1-3-26-24(8-6-20(15-30)5-4-19(2)31)27(33-18-32-26)21-7-9-23(25(29)14-21)28(36)35-12-10-34(11-13-35)22-16-37-17-22/h4-5,7,9,14-15,18,22H,2-3,10-13,16-17,30-31H2,1H3/b5-4-,20-15+. The molecule has 2 fully saturated rings. The highest BCUT2D eigenvalue weighted by Crippen LogP contribution is 2.29. The Labute approximate surface area is 222 Å². The van der Waals surface area contributed by atoms with Crippen molar-refractivity contribution in [2.75, 3.05) is 39.4 Å². The molecule has 2 aliphatic heterocycles. The number of benzene rings is 1. The Kier molecular flexibility index (Phi) is 8.62. The molecule has 8 nitrogen and oxygen atoms in total. The van der Waals surface area contributed by atoms with E-state index in [1.165, 1.54) is 12.5 Å². The van der Waals surface area contributed by atoms with Crippen LogP contribution in [0.2, 0.25) is 5.02 Å². The van der Waals surface area contributed by atoms with Gasteiger partial charge in [0.1, 0.15) is 6.33 Å². The number of aryl methyl sites for hydroxylation is 1. The number of rotatable bonds is 6. The van der Waals surface area contributed by atoms with Gasteiger partial charge in [-0.1, -0.05) is 43.0 Å². The molecule has 0 bridgehead atoms. The van der Waals surface area contributed by atoms with Crippen molar-refractivity contribution >= 4 is 17.5 Å². The number of piperazine rings is 1. The van der Waals surface area contributed by atoms with E-state index in [4.69, 9.17) is 27.8 Å². The maximum atomic E-state index is 13.2. The van der Waals surface area contributed by atoms with Crippen LogP contribution in [0.15, 0.2) is 60.7 Å². The fourth-order valence-corrected chi connectivity index (χ4v) is 4.50. The highest BCUT2D eigenvalue weighted by Gasteiger charge is 2.31. The zero-order valence-corrected chi connectivity index (χ0v) is 21.7. The summed E-state index contributed by atoms with van der Waals surface area (Å²) in [6, 6.07) is 5.86. The Morgan fingerprint density at radius 2 is 2.00 bits per heavy atom. The van der Waals surface area contributed by atoms with Crippen LogP contribution in [-0.4, -0.2) is 71.1 Å². The monoisotopic (exact) mass is 518 g/mol. The third-order valence-corrected chi connectivity index (χ3v) is 6.77. The van der Waals surface area contributed by atoms with Crippen molar-refractivity contribution in [3.8, 4) is 23.1 Å². The molecule has 37 heavy (non-hydrogen) atoms. The van der Waals surface area contributed by atoms with E-state index in [-0.39, 0.29) is 5.91 Å². The molecule has 0 atom stereocenters. The second kappa shape index (κ2) is 12.1. The van der Waals surface area contributed by atoms with Crippen LogP contribution >= 0.6 is 11.6 Å². The van der Waals surface area contributed by atoms with Gasteiger partial charge in [0, 0.05) is 49.2 Å². The molecule has 1 amide bonds. The maximum Gasteiger partial charge on any atom is 0.255 e. The van der Waals surface area contributed by atoms with Crippen LogP contribution in [0.4, 0.5) is 0 Å². The van der Waals surface area contributed by atoms with Gasteiger partial charge in [-0.25, -0.2) is 9.97 Å². The van der Waals surface area contributed by atoms with Gasteiger partial charge in [-0.2, -0.15) is 0 Å². The summed E-state index contributed by atoms with van der Waals surface area (Å²) >= 11 is 6.64. The lowest BCUT2D eigenvalue weighted by Gasteiger charge is -2.42. The number of nitrogens with two attached hydrogens (primary N) is 2. The fourth-order valence-electron chi connectivity index (χ4n) is 4.24. The largest absolute Gasteiger partial charge is 0.404 e. The number of hydrogen-bond acceptors (Lipinski definition) is 7. The number of carbonyl (C=O) groups is 1. The van der Waals surface area contributed by atoms with Crippen molar-refractivity contribution in [2.24, 2.45) is 11.5 Å². The maximum absolute atomic E-state index is 13.2. The predicted molar refractivity (Wildman–Crippen MR) is 146 cm³/mol. The Morgan fingerprint density at radius 1 is 1.24 bits per heavy atom. The lowest BCUT2D eigenvalue weighted by atomic mass is 10.0. The molecule has 4 rings (SSSR count). The van der Waals surface area contributed by atoms with E-state index in [2.05, 4.69) is 33.3 Å². The van der Waals surface area contributed by atoms with E-state index >= 15 is 0 Å². The van der Waals surface area contributed by atoms with Gasteiger partial charge >= 0.3 is 0 Å². The van der Waals surface area contributed by atoms with E-state index in [1.807, 2.05) is 17.9 Å². The molecule has 1 aromatic carbocycles. The average Bonchev–Trinajstić information content (AvgIpc) is 2.87. The number of aromatic nitrogens is 2. The van der Waals surface area contributed by atoms with E-state index in [0.29, 0.717) is 58.7 Å². The van der Waals surface area contributed by atoms with Gasteiger partial charge in [0.15, 0.2) is 0 Å². The smallest absolute Gasteiger partial charge is 0.255 e. The predicted octanol–water partition coefficient (Wildman–Crippen LogP) is 2.74. The minimum Gasteiger partial charge on any atom is -0.404 e. The van der Waals surface area contributed by atoms with Gasteiger partial charge < -0.3 is 21.1 Å². The molecular weight excluding hydrogens is 488 g/mol. The van der Waals surface area contributed by atoms with Crippen LogP contribution in [0, 0.1) is 11.8 Å². The molecule has 0 spiro atoms. The van der Waals surface area contributed by atoms with Crippen molar-refractivity contribution in [1.29, 1.82) is 0 Å². The Morgan fingerprint density at radius 3 is 2.59 bits per heavy atom. The van der Waals surface area contributed by atoms with E-state index in [1.54, 1.807) is 24.3 Å². The number of hydrogen-bond donors (Lipinski definition) is 2. The summed E-state index contributed by atoms with van der Waals surface area (Å²) < 4.78 is 5.29. The average molecular weight is 519 g/mol.